The first-order valence-corrected chi connectivity index (χ1v) is 10.1. The number of rotatable bonds is 4. The summed E-state index contributed by atoms with van der Waals surface area (Å²) in [6, 6.07) is 5.20. The molecule has 29 heavy (non-hydrogen) atoms. The number of hydrogen-bond donors (Lipinski definition) is 3. The summed E-state index contributed by atoms with van der Waals surface area (Å²) < 4.78 is 13.0. The number of aromatic nitrogens is 2. The normalized spacial score (nSPS) is 18.9. The van der Waals surface area contributed by atoms with Gasteiger partial charge in [0, 0.05) is 31.7 Å². The Balaban J connectivity index is 1.31. The number of fused-ring (bicyclic) bond motifs is 2. The molecule has 1 atom stereocenters. The van der Waals surface area contributed by atoms with Crippen LogP contribution in [0.4, 0.5) is 4.39 Å². The average Bonchev–Trinajstić information content (AvgIpc) is 3.20. The monoisotopic (exact) mass is 399 g/mol. The maximum Gasteiger partial charge on any atom is 0.244 e. The van der Waals surface area contributed by atoms with Crippen molar-refractivity contribution in [1.29, 1.82) is 0 Å². The van der Waals surface area contributed by atoms with E-state index in [1.165, 1.54) is 17.8 Å². The second kappa shape index (κ2) is 7.94. The molecule has 3 heterocycles. The number of carbonyl (C=O) groups is 2. The fourth-order valence-electron chi connectivity index (χ4n) is 4.37. The van der Waals surface area contributed by atoms with Crippen LogP contribution in [0.25, 0.3) is 0 Å². The number of benzene rings is 1. The molecule has 2 aliphatic rings. The molecule has 1 unspecified atom stereocenters. The number of amides is 2. The van der Waals surface area contributed by atoms with E-state index in [0.29, 0.717) is 18.7 Å². The molecule has 2 aromatic rings. The fourth-order valence-corrected chi connectivity index (χ4v) is 4.37. The lowest BCUT2D eigenvalue weighted by Crippen LogP contribution is -2.57. The Morgan fingerprint density at radius 2 is 2.00 bits per heavy atom. The molecule has 1 aromatic heterocycles. The maximum atomic E-state index is 13.0. The summed E-state index contributed by atoms with van der Waals surface area (Å²) in [4.78, 5) is 34.6. The van der Waals surface area contributed by atoms with E-state index in [2.05, 4.69) is 20.6 Å². The molecular weight excluding hydrogens is 373 g/mol. The summed E-state index contributed by atoms with van der Waals surface area (Å²) in [6.07, 6.45) is 4.40. The Labute approximate surface area is 169 Å². The van der Waals surface area contributed by atoms with Crippen molar-refractivity contribution >= 4 is 11.8 Å². The summed E-state index contributed by atoms with van der Waals surface area (Å²) >= 11 is 0. The standard InChI is InChI=1S/C21H26FN5O2/c1-14(26-18(28)12-15-2-4-16(22)5-3-15)20(29)27-10-7-21(8-11-27)19-17(6-9-25-21)23-13-24-19/h2-5,13-14,25H,6-12H2,1H3,(H,23,24)(H,26,28). The second-order valence-corrected chi connectivity index (χ2v) is 7.91. The molecule has 4 rings (SSSR count). The van der Waals surface area contributed by atoms with Crippen LogP contribution < -0.4 is 10.6 Å². The molecule has 7 nitrogen and oxygen atoms in total. The Bertz CT molecular complexity index is 887. The average molecular weight is 399 g/mol. The van der Waals surface area contributed by atoms with Crippen LogP contribution in [0.2, 0.25) is 0 Å². The number of piperidine rings is 1. The van der Waals surface area contributed by atoms with Crippen LogP contribution in [0.5, 0.6) is 0 Å². The highest BCUT2D eigenvalue weighted by molar-refractivity contribution is 5.88. The number of nitrogens with one attached hydrogen (secondary N) is 3. The zero-order valence-electron chi connectivity index (χ0n) is 16.5. The molecule has 0 bridgehead atoms. The summed E-state index contributed by atoms with van der Waals surface area (Å²) in [7, 11) is 0. The molecule has 0 aliphatic carbocycles. The van der Waals surface area contributed by atoms with E-state index in [4.69, 9.17) is 0 Å². The van der Waals surface area contributed by atoms with Gasteiger partial charge in [0.1, 0.15) is 11.9 Å². The Hall–Kier alpha value is -2.74. The van der Waals surface area contributed by atoms with Crippen LogP contribution in [0, 0.1) is 5.82 Å². The van der Waals surface area contributed by atoms with Crippen LogP contribution in [0.1, 0.15) is 36.7 Å². The van der Waals surface area contributed by atoms with Gasteiger partial charge in [-0.05, 0) is 37.5 Å². The van der Waals surface area contributed by atoms with Crippen molar-refractivity contribution in [3.63, 3.8) is 0 Å². The second-order valence-electron chi connectivity index (χ2n) is 7.91. The molecule has 2 amide bonds. The van der Waals surface area contributed by atoms with E-state index in [9.17, 15) is 14.0 Å². The molecule has 154 valence electrons. The maximum absolute atomic E-state index is 13.0. The van der Waals surface area contributed by atoms with E-state index in [1.807, 2.05) is 4.90 Å². The Kier molecular flexibility index (Phi) is 5.36. The van der Waals surface area contributed by atoms with Crippen LogP contribution >= 0.6 is 0 Å². The van der Waals surface area contributed by atoms with Crippen molar-refractivity contribution in [2.24, 2.45) is 0 Å². The van der Waals surface area contributed by atoms with Crippen LogP contribution in [-0.4, -0.2) is 52.4 Å². The fraction of sp³-hybridized carbons (Fsp3) is 0.476. The number of halogens is 1. The van der Waals surface area contributed by atoms with E-state index < -0.39 is 6.04 Å². The third-order valence-corrected chi connectivity index (χ3v) is 5.96. The summed E-state index contributed by atoms with van der Waals surface area (Å²) in [5, 5.41) is 6.38. The van der Waals surface area contributed by atoms with Gasteiger partial charge < -0.3 is 20.5 Å². The van der Waals surface area contributed by atoms with Crippen molar-refractivity contribution in [3.8, 4) is 0 Å². The summed E-state index contributed by atoms with van der Waals surface area (Å²) in [6.45, 7) is 3.85. The Morgan fingerprint density at radius 3 is 2.72 bits per heavy atom. The minimum atomic E-state index is -0.600. The SMILES string of the molecule is CC(NC(=O)Cc1ccc(F)cc1)C(=O)N1CCC2(CC1)NCCc1[nH]cnc12. The van der Waals surface area contributed by atoms with Crippen molar-refractivity contribution in [1.82, 2.24) is 25.5 Å². The quantitative estimate of drug-likeness (QED) is 0.722. The first-order chi connectivity index (χ1) is 14.0. The number of hydrogen-bond acceptors (Lipinski definition) is 4. The summed E-state index contributed by atoms with van der Waals surface area (Å²) in [5.74, 6) is -0.665. The molecule has 1 fully saturated rings. The molecular formula is C21H26FN5O2. The Morgan fingerprint density at radius 1 is 1.28 bits per heavy atom. The summed E-state index contributed by atoms with van der Waals surface area (Å²) in [5.41, 5.74) is 2.81. The molecule has 8 heteroatoms. The lowest BCUT2D eigenvalue weighted by atomic mass is 9.80. The third-order valence-electron chi connectivity index (χ3n) is 5.96. The van der Waals surface area contributed by atoms with E-state index in [1.54, 1.807) is 25.4 Å². The topological polar surface area (TPSA) is 90.1 Å². The molecule has 2 aliphatic heterocycles. The first kappa shape index (κ1) is 19.6. The molecule has 3 N–H and O–H groups in total. The lowest BCUT2D eigenvalue weighted by Gasteiger charge is -2.44. The van der Waals surface area contributed by atoms with Gasteiger partial charge in [0.05, 0.1) is 24.0 Å². The predicted molar refractivity (Wildman–Crippen MR) is 105 cm³/mol. The number of carbonyl (C=O) groups excluding carboxylic acids is 2. The highest BCUT2D eigenvalue weighted by Crippen LogP contribution is 2.35. The van der Waals surface area contributed by atoms with Gasteiger partial charge in [-0.1, -0.05) is 12.1 Å². The largest absolute Gasteiger partial charge is 0.348 e. The zero-order chi connectivity index (χ0) is 20.4. The molecule has 0 radical (unpaired) electrons. The number of nitrogens with zero attached hydrogens (tertiary/aromatic N) is 2. The van der Waals surface area contributed by atoms with Gasteiger partial charge in [-0.15, -0.1) is 0 Å². The van der Waals surface area contributed by atoms with Crippen molar-refractivity contribution in [2.45, 2.75) is 44.2 Å². The molecule has 0 saturated carbocycles. The lowest BCUT2D eigenvalue weighted by molar-refractivity contribution is -0.137. The van der Waals surface area contributed by atoms with Gasteiger partial charge >= 0.3 is 0 Å². The smallest absolute Gasteiger partial charge is 0.244 e. The van der Waals surface area contributed by atoms with Gasteiger partial charge in [-0.3, -0.25) is 9.59 Å². The van der Waals surface area contributed by atoms with Gasteiger partial charge in [-0.2, -0.15) is 0 Å². The van der Waals surface area contributed by atoms with Gasteiger partial charge in [0.25, 0.3) is 0 Å². The van der Waals surface area contributed by atoms with Gasteiger partial charge in [0.15, 0.2) is 0 Å². The van der Waals surface area contributed by atoms with Gasteiger partial charge in [-0.25, -0.2) is 9.37 Å². The predicted octanol–water partition coefficient (Wildman–Crippen LogP) is 1.26. The zero-order valence-corrected chi connectivity index (χ0v) is 16.5. The highest BCUT2D eigenvalue weighted by Gasteiger charge is 2.42. The van der Waals surface area contributed by atoms with Crippen LogP contribution in [0.3, 0.4) is 0 Å². The van der Waals surface area contributed by atoms with Crippen molar-refractivity contribution in [3.05, 3.63) is 53.4 Å². The minimum absolute atomic E-state index is 0.0784. The highest BCUT2D eigenvalue weighted by atomic mass is 19.1. The molecule has 1 spiro atoms. The number of aromatic amines is 1. The third kappa shape index (κ3) is 4.03. The van der Waals surface area contributed by atoms with Crippen LogP contribution in [-0.2, 0) is 28.0 Å². The van der Waals surface area contributed by atoms with Crippen molar-refractivity contribution in [2.75, 3.05) is 19.6 Å². The van der Waals surface area contributed by atoms with Crippen molar-refractivity contribution < 1.29 is 14.0 Å². The first-order valence-electron chi connectivity index (χ1n) is 10.1. The number of H-pyrrole nitrogens is 1. The van der Waals surface area contributed by atoms with E-state index in [-0.39, 0.29) is 29.6 Å². The minimum Gasteiger partial charge on any atom is -0.348 e. The van der Waals surface area contributed by atoms with E-state index in [0.717, 1.165) is 31.5 Å². The van der Waals surface area contributed by atoms with Gasteiger partial charge in [0.2, 0.25) is 11.8 Å². The van der Waals surface area contributed by atoms with Crippen LogP contribution in [0.15, 0.2) is 30.6 Å². The van der Waals surface area contributed by atoms with E-state index >= 15 is 0 Å². The molecule has 1 saturated heterocycles. The number of likely N-dealkylation sites (tertiary alicyclic amines) is 1. The molecule has 1 aromatic carbocycles. The number of imidazole rings is 1.